The SMILES string of the molecule is [CH2]Cc1cccc2c1cc(C)n2C(=O)c1ccc(OC[C@@H]2CN(C)c3ccccc3O2)cc1. The number of benzene rings is 3. The number of carbonyl (C=O) groups excluding carboxylic acids is 1. The predicted octanol–water partition coefficient (Wildman–Crippen LogP) is 5.29. The maximum absolute atomic E-state index is 13.3. The Hall–Kier alpha value is -3.73. The second kappa shape index (κ2) is 8.66. The molecule has 0 bridgehead atoms. The largest absolute Gasteiger partial charge is 0.490 e. The van der Waals surface area contributed by atoms with Gasteiger partial charge in [0.15, 0.2) is 0 Å². The molecule has 1 aliphatic heterocycles. The lowest BCUT2D eigenvalue weighted by Gasteiger charge is -2.33. The van der Waals surface area contributed by atoms with Gasteiger partial charge in [0.25, 0.3) is 5.91 Å². The Kier molecular flexibility index (Phi) is 5.55. The quantitative estimate of drug-likeness (QED) is 0.424. The number of aryl methyl sites for hydroxylation is 1. The summed E-state index contributed by atoms with van der Waals surface area (Å²) in [7, 11) is 2.06. The number of anilines is 1. The first-order chi connectivity index (χ1) is 16.0. The van der Waals surface area contributed by atoms with Gasteiger partial charge in [0.05, 0.1) is 17.7 Å². The Morgan fingerprint density at radius 1 is 1.09 bits per heavy atom. The van der Waals surface area contributed by atoms with E-state index in [0.29, 0.717) is 24.3 Å². The number of carbonyl (C=O) groups is 1. The van der Waals surface area contributed by atoms with Crippen LogP contribution in [0.25, 0.3) is 10.9 Å². The van der Waals surface area contributed by atoms with Crippen LogP contribution in [0.5, 0.6) is 11.5 Å². The topological polar surface area (TPSA) is 43.7 Å². The van der Waals surface area contributed by atoms with Crippen LogP contribution >= 0.6 is 0 Å². The van der Waals surface area contributed by atoms with Crippen LogP contribution in [0.4, 0.5) is 5.69 Å². The van der Waals surface area contributed by atoms with Crippen molar-refractivity contribution >= 4 is 22.5 Å². The molecule has 3 aromatic carbocycles. The van der Waals surface area contributed by atoms with Gasteiger partial charge in [-0.1, -0.05) is 24.3 Å². The summed E-state index contributed by atoms with van der Waals surface area (Å²) in [5.41, 5.74) is 4.68. The van der Waals surface area contributed by atoms with Crippen LogP contribution in [0.2, 0.25) is 0 Å². The highest BCUT2D eigenvalue weighted by molar-refractivity contribution is 6.03. The third-order valence-corrected chi connectivity index (χ3v) is 6.18. The summed E-state index contributed by atoms with van der Waals surface area (Å²) in [5.74, 6) is 1.53. The van der Waals surface area contributed by atoms with Crippen LogP contribution in [0.15, 0.2) is 72.8 Å². The molecule has 5 heteroatoms. The summed E-state index contributed by atoms with van der Waals surface area (Å²) >= 11 is 0. The molecule has 0 saturated carbocycles. The van der Waals surface area contributed by atoms with E-state index in [-0.39, 0.29) is 12.0 Å². The lowest BCUT2D eigenvalue weighted by Crippen LogP contribution is -2.41. The fraction of sp³-hybridized carbons (Fsp3) is 0.214. The minimum atomic E-state index is -0.0673. The number of para-hydroxylation sites is 2. The number of ether oxygens (including phenoxy) is 2. The lowest BCUT2D eigenvalue weighted by atomic mass is 10.1. The molecule has 0 N–H and O–H groups in total. The van der Waals surface area contributed by atoms with Crippen molar-refractivity contribution in [3.63, 3.8) is 0 Å². The van der Waals surface area contributed by atoms with Crippen LogP contribution in [0.1, 0.15) is 21.6 Å². The molecule has 0 fully saturated rings. The van der Waals surface area contributed by atoms with Crippen LogP contribution in [0, 0.1) is 13.8 Å². The molecule has 0 unspecified atom stereocenters. The van der Waals surface area contributed by atoms with Gasteiger partial charge in [-0.15, -0.1) is 0 Å². The van der Waals surface area contributed by atoms with Gasteiger partial charge in [0.2, 0.25) is 0 Å². The molecule has 2 heterocycles. The van der Waals surface area contributed by atoms with Gasteiger partial charge >= 0.3 is 0 Å². The van der Waals surface area contributed by atoms with E-state index < -0.39 is 0 Å². The third-order valence-electron chi connectivity index (χ3n) is 6.18. The molecule has 167 valence electrons. The maximum Gasteiger partial charge on any atom is 0.262 e. The smallest absolute Gasteiger partial charge is 0.262 e. The van der Waals surface area contributed by atoms with Crippen LogP contribution < -0.4 is 14.4 Å². The second-order valence-electron chi connectivity index (χ2n) is 8.45. The number of aromatic nitrogens is 1. The van der Waals surface area contributed by atoms with Gasteiger partial charge in [-0.2, -0.15) is 0 Å². The Labute approximate surface area is 194 Å². The van der Waals surface area contributed by atoms with Crippen LogP contribution in [-0.2, 0) is 6.42 Å². The van der Waals surface area contributed by atoms with Gasteiger partial charge in [0, 0.05) is 23.7 Å². The third kappa shape index (κ3) is 3.95. The Morgan fingerprint density at radius 2 is 1.88 bits per heavy atom. The molecule has 0 amide bonds. The molecule has 5 rings (SSSR count). The van der Waals surface area contributed by atoms with E-state index in [1.807, 2.05) is 61.5 Å². The molecule has 4 aromatic rings. The minimum Gasteiger partial charge on any atom is -0.490 e. The van der Waals surface area contributed by atoms with E-state index in [1.165, 1.54) is 0 Å². The molecule has 0 spiro atoms. The molecule has 0 saturated heterocycles. The number of hydrogen-bond donors (Lipinski definition) is 0. The van der Waals surface area contributed by atoms with Gasteiger partial charge in [-0.3, -0.25) is 9.36 Å². The van der Waals surface area contributed by atoms with Crippen molar-refractivity contribution in [2.45, 2.75) is 19.4 Å². The minimum absolute atomic E-state index is 0.0518. The van der Waals surface area contributed by atoms with E-state index in [9.17, 15) is 4.79 Å². The van der Waals surface area contributed by atoms with Gasteiger partial charge in [-0.25, -0.2) is 0 Å². The monoisotopic (exact) mass is 439 g/mol. The second-order valence-corrected chi connectivity index (χ2v) is 8.45. The molecule has 1 atom stereocenters. The van der Waals surface area contributed by atoms with E-state index in [0.717, 1.165) is 40.1 Å². The summed E-state index contributed by atoms with van der Waals surface area (Å²) in [4.78, 5) is 15.5. The van der Waals surface area contributed by atoms with Gasteiger partial charge in [0.1, 0.15) is 24.2 Å². The fourth-order valence-corrected chi connectivity index (χ4v) is 4.50. The summed E-state index contributed by atoms with van der Waals surface area (Å²) in [6, 6.07) is 23.4. The first kappa shape index (κ1) is 21.1. The highest BCUT2D eigenvalue weighted by atomic mass is 16.5. The standard InChI is InChI=1S/C28H27N2O3/c1-4-20-8-7-10-25-24(20)16-19(2)30(25)28(31)21-12-14-22(15-13-21)32-18-23-17-29(3)26-9-5-6-11-27(26)33-23/h5-16,23H,1,4,17-18H2,2-3H3/t23-/m0/s1. The van der Waals surface area contributed by atoms with Gasteiger partial charge in [-0.05, 0) is 74.4 Å². The summed E-state index contributed by atoms with van der Waals surface area (Å²) in [5, 5.41) is 1.08. The van der Waals surface area contributed by atoms with Crippen LogP contribution in [0.3, 0.4) is 0 Å². The Morgan fingerprint density at radius 3 is 2.67 bits per heavy atom. The van der Waals surface area contributed by atoms with E-state index >= 15 is 0 Å². The number of nitrogens with zero attached hydrogens (tertiary/aromatic N) is 2. The Balaban J connectivity index is 1.29. The number of hydrogen-bond acceptors (Lipinski definition) is 4. The van der Waals surface area contributed by atoms with Crippen molar-refractivity contribution in [2.75, 3.05) is 25.1 Å². The van der Waals surface area contributed by atoms with Crippen molar-refractivity contribution in [3.05, 3.63) is 96.5 Å². The van der Waals surface area contributed by atoms with Gasteiger partial charge < -0.3 is 14.4 Å². The Bertz CT molecular complexity index is 1310. The molecule has 0 aliphatic carbocycles. The summed E-state index contributed by atoms with van der Waals surface area (Å²) in [6.07, 6.45) is 0.620. The normalized spacial score (nSPS) is 15.2. The molecule has 1 aliphatic rings. The van der Waals surface area contributed by atoms with Crippen molar-refractivity contribution in [2.24, 2.45) is 0 Å². The van der Waals surface area contributed by atoms with Crippen molar-refractivity contribution in [1.82, 2.24) is 4.57 Å². The zero-order valence-corrected chi connectivity index (χ0v) is 19.0. The zero-order valence-electron chi connectivity index (χ0n) is 19.0. The fourth-order valence-electron chi connectivity index (χ4n) is 4.50. The molecule has 1 aromatic heterocycles. The average molecular weight is 440 g/mol. The highest BCUT2D eigenvalue weighted by Gasteiger charge is 2.23. The van der Waals surface area contributed by atoms with Crippen molar-refractivity contribution in [3.8, 4) is 11.5 Å². The lowest BCUT2D eigenvalue weighted by molar-refractivity contribution is 0.0963. The zero-order chi connectivity index (χ0) is 22.9. The molecule has 1 radical (unpaired) electrons. The molecular weight excluding hydrogens is 412 g/mol. The maximum atomic E-state index is 13.3. The number of likely N-dealkylation sites (N-methyl/N-ethyl adjacent to an activating group) is 1. The first-order valence-electron chi connectivity index (χ1n) is 11.2. The summed E-state index contributed by atoms with van der Waals surface area (Å²) < 4.78 is 13.8. The highest BCUT2D eigenvalue weighted by Crippen LogP contribution is 2.32. The molecule has 5 nitrogen and oxygen atoms in total. The molecule has 33 heavy (non-hydrogen) atoms. The molecular formula is C28H27N2O3. The first-order valence-corrected chi connectivity index (χ1v) is 11.2. The van der Waals surface area contributed by atoms with E-state index in [1.54, 1.807) is 4.57 Å². The number of rotatable bonds is 5. The number of fused-ring (bicyclic) bond motifs is 2. The predicted molar refractivity (Wildman–Crippen MR) is 132 cm³/mol. The van der Waals surface area contributed by atoms with Crippen molar-refractivity contribution < 1.29 is 14.3 Å². The van der Waals surface area contributed by atoms with E-state index in [2.05, 4.69) is 37.1 Å². The van der Waals surface area contributed by atoms with E-state index in [4.69, 9.17) is 9.47 Å². The van der Waals surface area contributed by atoms with Crippen molar-refractivity contribution in [1.29, 1.82) is 0 Å². The summed E-state index contributed by atoms with van der Waals surface area (Å²) in [6.45, 7) is 7.15. The van der Waals surface area contributed by atoms with Crippen LogP contribution in [-0.4, -0.2) is 36.8 Å². The average Bonchev–Trinajstić information content (AvgIpc) is 3.18.